The minimum Gasteiger partial charge on any atom is -0.504 e. The number of phenols is 2. The zero-order valence-electron chi connectivity index (χ0n) is 11.8. The number of hydrogen-bond donors (Lipinski definition) is 3. The van der Waals surface area contributed by atoms with Crippen LogP contribution in [-0.4, -0.2) is 16.8 Å². The van der Waals surface area contributed by atoms with Crippen LogP contribution in [0.2, 0.25) is 0 Å². The lowest BCUT2D eigenvalue weighted by Gasteiger charge is -2.00. The number of phenolic OH excluding ortho intramolecular Hbond substituents is 2. The van der Waals surface area contributed by atoms with E-state index < -0.39 is 0 Å². The third kappa shape index (κ3) is 15.7. The smallest absolute Gasteiger partial charge is 0.157 e. The Hall–Kier alpha value is -2.26. The Kier molecular flexibility index (Phi) is 33.4. The molecule has 0 aliphatic rings. The van der Waals surface area contributed by atoms with Gasteiger partial charge in [0.2, 0.25) is 0 Å². The zero-order valence-corrected chi connectivity index (χ0v) is 11.8. The number of benzene rings is 1. The number of hydrogen-bond acceptors (Lipinski definition) is 3. The van der Waals surface area contributed by atoms with Crippen LogP contribution < -0.4 is 5.73 Å². The molecule has 0 aliphatic heterocycles. The molecule has 0 radical (unpaired) electrons. The predicted octanol–water partition coefficient (Wildman–Crippen LogP) is 3.81. The molecular formula is C16H27NO2. The van der Waals surface area contributed by atoms with Crippen molar-refractivity contribution in [3.05, 3.63) is 76.4 Å². The molecule has 0 saturated heterocycles. The van der Waals surface area contributed by atoms with Gasteiger partial charge in [0.05, 0.1) is 0 Å². The molecular weight excluding hydrogens is 238 g/mol. The van der Waals surface area contributed by atoms with Gasteiger partial charge in [-0.05, 0) is 30.7 Å². The normalized spacial score (nSPS) is 6.58. The highest BCUT2D eigenvalue weighted by atomic mass is 16.3. The second kappa shape index (κ2) is 24.8. The van der Waals surface area contributed by atoms with Crippen LogP contribution >= 0.6 is 0 Å². The van der Waals surface area contributed by atoms with E-state index in [2.05, 4.69) is 52.6 Å². The molecule has 1 rings (SSSR count). The van der Waals surface area contributed by atoms with Crippen LogP contribution in [0.15, 0.2) is 70.8 Å². The van der Waals surface area contributed by atoms with Crippen LogP contribution in [0.4, 0.5) is 0 Å². The molecule has 0 bridgehead atoms. The molecule has 1 aromatic rings. The van der Waals surface area contributed by atoms with Crippen molar-refractivity contribution in [2.24, 2.45) is 5.73 Å². The van der Waals surface area contributed by atoms with Gasteiger partial charge in [-0.1, -0.05) is 6.07 Å². The second-order valence-corrected chi connectivity index (χ2v) is 2.36. The fourth-order valence-corrected chi connectivity index (χ4v) is 0.891. The Morgan fingerprint density at radius 1 is 0.789 bits per heavy atom. The summed E-state index contributed by atoms with van der Waals surface area (Å²) in [5.74, 6) is -0.179. The lowest BCUT2D eigenvalue weighted by molar-refractivity contribution is 0.403. The monoisotopic (exact) mass is 265 g/mol. The lowest BCUT2D eigenvalue weighted by atomic mass is 10.1. The summed E-state index contributed by atoms with van der Waals surface area (Å²) in [6.45, 7) is 24.5. The summed E-state index contributed by atoms with van der Waals surface area (Å²) < 4.78 is 0. The van der Waals surface area contributed by atoms with E-state index in [0.29, 0.717) is 13.0 Å². The third-order valence-electron chi connectivity index (χ3n) is 1.47. The van der Waals surface area contributed by atoms with Crippen LogP contribution in [0.25, 0.3) is 0 Å². The van der Waals surface area contributed by atoms with Gasteiger partial charge < -0.3 is 15.9 Å². The van der Waals surface area contributed by atoms with Crippen molar-refractivity contribution in [2.75, 3.05) is 6.54 Å². The molecule has 0 heterocycles. The molecule has 0 unspecified atom stereocenters. The molecule has 0 saturated carbocycles. The van der Waals surface area contributed by atoms with Crippen molar-refractivity contribution in [3.8, 4) is 11.5 Å². The van der Waals surface area contributed by atoms with Crippen molar-refractivity contribution in [1.29, 1.82) is 0 Å². The first-order chi connectivity index (χ1) is 9.24. The molecule has 0 amide bonds. The molecule has 3 nitrogen and oxygen atoms in total. The maximum Gasteiger partial charge on any atom is 0.157 e. The minimum absolute atomic E-state index is 0.0871. The molecule has 108 valence electrons. The van der Waals surface area contributed by atoms with Crippen LogP contribution in [-0.2, 0) is 6.42 Å². The first-order valence-corrected chi connectivity index (χ1v) is 5.45. The molecule has 4 N–H and O–H groups in total. The third-order valence-corrected chi connectivity index (χ3v) is 1.47. The van der Waals surface area contributed by atoms with Crippen molar-refractivity contribution < 1.29 is 10.2 Å². The minimum atomic E-state index is -0.0919. The molecule has 0 atom stereocenters. The molecule has 0 aliphatic carbocycles. The maximum absolute atomic E-state index is 9.04. The Balaban J connectivity index is -0.000000121. The van der Waals surface area contributed by atoms with Gasteiger partial charge in [-0.25, -0.2) is 0 Å². The van der Waals surface area contributed by atoms with Crippen molar-refractivity contribution in [3.63, 3.8) is 0 Å². The van der Waals surface area contributed by atoms with Crippen LogP contribution in [0.3, 0.4) is 0 Å². The van der Waals surface area contributed by atoms with E-state index in [1.807, 2.05) is 0 Å². The summed E-state index contributed by atoms with van der Waals surface area (Å²) in [6.07, 6.45) is 0.716. The highest BCUT2D eigenvalue weighted by molar-refractivity contribution is 5.40. The second-order valence-electron chi connectivity index (χ2n) is 2.36. The van der Waals surface area contributed by atoms with Gasteiger partial charge in [0.15, 0.2) is 11.5 Å². The zero-order chi connectivity index (χ0) is 16.3. The van der Waals surface area contributed by atoms with Gasteiger partial charge in [0, 0.05) is 0 Å². The first-order valence-electron chi connectivity index (χ1n) is 5.45. The average molecular weight is 265 g/mol. The van der Waals surface area contributed by atoms with E-state index in [0.717, 1.165) is 5.56 Å². The molecule has 0 aromatic heterocycles. The predicted molar refractivity (Wildman–Crippen MR) is 87.5 cm³/mol. The van der Waals surface area contributed by atoms with E-state index in [4.69, 9.17) is 15.9 Å². The number of rotatable bonds is 2. The maximum atomic E-state index is 9.04. The Morgan fingerprint density at radius 2 is 1.21 bits per heavy atom. The van der Waals surface area contributed by atoms with Crippen LogP contribution in [0.5, 0.6) is 11.5 Å². The fraction of sp³-hybridized carbons (Fsp3) is 0.125. The first kappa shape index (κ1) is 25.6. The van der Waals surface area contributed by atoms with Crippen LogP contribution in [0, 0.1) is 0 Å². The Morgan fingerprint density at radius 3 is 1.53 bits per heavy atom. The van der Waals surface area contributed by atoms with Gasteiger partial charge in [0.25, 0.3) is 0 Å². The quantitative estimate of drug-likeness (QED) is 0.562. The summed E-state index contributed by atoms with van der Waals surface area (Å²) in [7, 11) is 0. The Bertz CT molecular complexity index is 293. The summed E-state index contributed by atoms with van der Waals surface area (Å²) in [5, 5.41) is 18.0. The summed E-state index contributed by atoms with van der Waals surface area (Å²) >= 11 is 0. The highest BCUT2D eigenvalue weighted by Crippen LogP contribution is 2.24. The number of aromatic hydroxyl groups is 2. The lowest BCUT2D eigenvalue weighted by Crippen LogP contribution is -2.02. The van der Waals surface area contributed by atoms with E-state index in [9.17, 15) is 0 Å². The highest BCUT2D eigenvalue weighted by Gasteiger charge is 1.98. The molecule has 3 heteroatoms. The summed E-state index contributed by atoms with van der Waals surface area (Å²) in [6, 6.07) is 4.71. The molecule has 19 heavy (non-hydrogen) atoms. The largest absolute Gasteiger partial charge is 0.504 e. The van der Waals surface area contributed by atoms with Gasteiger partial charge in [-0.15, -0.1) is 52.6 Å². The van der Waals surface area contributed by atoms with Gasteiger partial charge in [-0.2, -0.15) is 0 Å². The van der Waals surface area contributed by atoms with Gasteiger partial charge in [-0.3, -0.25) is 0 Å². The average Bonchev–Trinajstić information content (AvgIpc) is 2.51. The van der Waals surface area contributed by atoms with E-state index >= 15 is 0 Å². The van der Waals surface area contributed by atoms with Gasteiger partial charge in [0.1, 0.15) is 0 Å². The fourth-order valence-electron chi connectivity index (χ4n) is 0.891. The van der Waals surface area contributed by atoms with Crippen LogP contribution in [0.1, 0.15) is 5.56 Å². The van der Waals surface area contributed by atoms with Gasteiger partial charge >= 0.3 is 0 Å². The SMILES string of the molecule is C=C.C=C.C=C.C=C.NCCc1ccc(O)c(O)c1. The number of nitrogens with two attached hydrogens (primary N) is 1. The van der Waals surface area contributed by atoms with Crippen molar-refractivity contribution in [1.82, 2.24) is 0 Å². The van der Waals surface area contributed by atoms with E-state index in [1.54, 1.807) is 6.07 Å². The standard InChI is InChI=1S/C8H11NO2.4C2H4/c9-4-3-6-1-2-7(10)8(11)5-6;4*1-2/h1-2,5,10-11H,3-4,9H2;4*1-2H2. The molecule has 0 fully saturated rings. The van der Waals surface area contributed by atoms with E-state index in [-0.39, 0.29) is 11.5 Å². The van der Waals surface area contributed by atoms with Crippen molar-refractivity contribution in [2.45, 2.75) is 6.42 Å². The molecule has 1 aromatic carbocycles. The summed E-state index contributed by atoms with van der Waals surface area (Å²) in [5.41, 5.74) is 6.24. The van der Waals surface area contributed by atoms with Crippen molar-refractivity contribution >= 4 is 0 Å². The summed E-state index contributed by atoms with van der Waals surface area (Å²) in [4.78, 5) is 0. The molecule has 0 spiro atoms. The van der Waals surface area contributed by atoms with E-state index in [1.165, 1.54) is 12.1 Å². The Labute approximate surface area is 117 Å². The topological polar surface area (TPSA) is 66.5 Å².